The summed E-state index contributed by atoms with van der Waals surface area (Å²) in [5.74, 6) is -0.711. The Morgan fingerprint density at radius 3 is 1.90 bits per heavy atom. The monoisotopic (exact) mass is 147 g/mol. The molecule has 3 nitrogen and oxygen atoms in total. The van der Waals surface area contributed by atoms with Crippen molar-refractivity contribution >= 4 is 5.97 Å². The molecule has 0 amide bonds. The fourth-order valence-electron chi connectivity index (χ4n) is 0.214. The average molecular weight is 147 g/mol. The third kappa shape index (κ3) is 52.0. The summed E-state index contributed by atoms with van der Waals surface area (Å²) in [6.45, 7) is 5.73. The zero-order valence-corrected chi connectivity index (χ0v) is 6.92. The molecule has 0 rings (SSSR count). The van der Waals surface area contributed by atoms with Gasteiger partial charge in [0, 0.05) is 6.42 Å². The van der Waals surface area contributed by atoms with Gasteiger partial charge in [0.25, 0.3) is 0 Å². The summed E-state index contributed by atoms with van der Waals surface area (Å²) in [7, 11) is 0. The molecule has 0 unspecified atom stereocenters. The molecule has 0 aromatic carbocycles. The quantitative estimate of drug-likeness (QED) is 0.617. The fraction of sp³-hybridized carbons (Fsp3) is 0.857. The lowest BCUT2D eigenvalue weighted by atomic mass is 10.4. The maximum absolute atomic E-state index is 9.60. The third-order valence-electron chi connectivity index (χ3n) is 0.464. The van der Waals surface area contributed by atoms with E-state index in [0.29, 0.717) is 12.5 Å². The van der Waals surface area contributed by atoms with Gasteiger partial charge in [-0.1, -0.05) is 20.8 Å². The minimum Gasteiger partial charge on any atom is -0.481 e. The van der Waals surface area contributed by atoms with Crippen LogP contribution in [0.4, 0.5) is 0 Å². The molecule has 62 valence electrons. The Morgan fingerprint density at radius 2 is 1.90 bits per heavy atom. The van der Waals surface area contributed by atoms with Crippen molar-refractivity contribution in [2.24, 2.45) is 5.73 Å². The molecule has 0 aromatic heterocycles. The number of hydrogen-bond donors (Lipinski definition) is 2. The molecule has 0 spiro atoms. The Bertz CT molecular complexity index is 78.9. The molecule has 0 saturated carbocycles. The first kappa shape index (κ1) is 12.1. The summed E-state index contributed by atoms with van der Waals surface area (Å²) >= 11 is 0. The third-order valence-corrected chi connectivity index (χ3v) is 0.464. The summed E-state index contributed by atoms with van der Waals surface area (Å²) in [6, 6.07) is 0.333. The van der Waals surface area contributed by atoms with Crippen LogP contribution < -0.4 is 5.73 Å². The van der Waals surface area contributed by atoms with Gasteiger partial charge in [0.15, 0.2) is 0 Å². The maximum Gasteiger partial charge on any atom is 0.303 e. The van der Waals surface area contributed by atoms with Crippen LogP contribution in [-0.4, -0.2) is 17.1 Å². The van der Waals surface area contributed by atoms with Crippen LogP contribution >= 0.6 is 0 Å². The molecule has 0 bridgehead atoms. The minimum atomic E-state index is -0.711. The normalized spacial score (nSPS) is 8.50. The van der Waals surface area contributed by atoms with Gasteiger partial charge >= 0.3 is 5.97 Å². The number of aliphatic carboxylic acids is 1. The standard InChI is InChI=1S/C4H8O2.C3H9N/c1-2-3-4(5)6;1-3(2)4/h2-3H2,1H3,(H,5,6);3H,4H2,1-2H3. The van der Waals surface area contributed by atoms with Gasteiger partial charge in [0.1, 0.15) is 0 Å². The Morgan fingerprint density at radius 1 is 1.60 bits per heavy atom. The van der Waals surface area contributed by atoms with Crippen molar-refractivity contribution in [2.45, 2.75) is 39.7 Å². The molecule has 0 heterocycles. The average Bonchev–Trinajstić information content (AvgIpc) is 1.62. The molecule has 0 fully saturated rings. The molecule has 0 aliphatic carbocycles. The van der Waals surface area contributed by atoms with E-state index in [1.165, 1.54) is 0 Å². The number of nitrogens with two attached hydrogens (primary N) is 1. The number of carbonyl (C=O) groups is 1. The topological polar surface area (TPSA) is 63.3 Å². The Labute approximate surface area is 62.2 Å². The van der Waals surface area contributed by atoms with Crippen molar-refractivity contribution in [3.63, 3.8) is 0 Å². The highest BCUT2D eigenvalue weighted by Gasteiger charge is 1.87. The molecule has 0 radical (unpaired) electrons. The van der Waals surface area contributed by atoms with E-state index < -0.39 is 5.97 Å². The second-order valence-corrected chi connectivity index (χ2v) is 2.39. The molecule has 0 aromatic rings. The molecule has 10 heavy (non-hydrogen) atoms. The molecule has 3 N–H and O–H groups in total. The van der Waals surface area contributed by atoms with Crippen LogP contribution in [-0.2, 0) is 4.79 Å². The smallest absolute Gasteiger partial charge is 0.303 e. The highest BCUT2D eigenvalue weighted by Crippen LogP contribution is 1.82. The highest BCUT2D eigenvalue weighted by molar-refractivity contribution is 5.66. The lowest BCUT2D eigenvalue weighted by Crippen LogP contribution is -2.06. The summed E-state index contributed by atoms with van der Waals surface area (Å²) < 4.78 is 0. The minimum absolute atomic E-state index is 0.292. The number of carboxylic acids is 1. The van der Waals surface area contributed by atoms with Crippen LogP contribution in [0.2, 0.25) is 0 Å². The molecule has 3 heteroatoms. The molecular formula is C7H17NO2. The predicted molar refractivity (Wildman–Crippen MR) is 41.9 cm³/mol. The first-order chi connectivity index (χ1) is 4.50. The molecule has 0 saturated heterocycles. The summed E-state index contributed by atoms with van der Waals surface area (Å²) in [6.07, 6.45) is 1.02. The van der Waals surface area contributed by atoms with Crippen LogP contribution in [0.5, 0.6) is 0 Å². The van der Waals surface area contributed by atoms with Crippen molar-refractivity contribution in [1.29, 1.82) is 0 Å². The van der Waals surface area contributed by atoms with Crippen LogP contribution in [0, 0.1) is 0 Å². The zero-order valence-electron chi connectivity index (χ0n) is 6.92. The molecular weight excluding hydrogens is 130 g/mol. The van der Waals surface area contributed by atoms with Crippen LogP contribution in [0.1, 0.15) is 33.6 Å². The van der Waals surface area contributed by atoms with E-state index in [2.05, 4.69) is 0 Å². The second-order valence-electron chi connectivity index (χ2n) is 2.39. The molecule has 0 aliphatic rings. The summed E-state index contributed by atoms with van der Waals surface area (Å²) in [5, 5.41) is 7.91. The van der Waals surface area contributed by atoms with E-state index in [4.69, 9.17) is 10.8 Å². The first-order valence-corrected chi connectivity index (χ1v) is 3.48. The largest absolute Gasteiger partial charge is 0.481 e. The second kappa shape index (κ2) is 8.43. The van der Waals surface area contributed by atoms with E-state index in [9.17, 15) is 4.79 Å². The van der Waals surface area contributed by atoms with Crippen molar-refractivity contribution < 1.29 is 9.90 Å². The van der Waals surface area contributed by atoms with Gasteiger partial charge < -0.3 is 10.8 Å². The van der Waals surface area contributed by atoms with E-state index in [1.807, 2.05) is 20.8 Å². The predicted octanol–water partition coefficient (Wildman–Crippen LogP) is 1.22. The van der Waals surface area contributed by atoms with Gasteiger partial charge in [0.05, 0.1) is 0 Å². The van der Waals surface area contributed by atoms with Crippen LogP contribution in [0.3, 0.4) is 0 Å². The molecule has 0 atom stereocenters. The van der Waals surface area contributed by atoms with Crippen molar-refractivity contribution in [3.8, 4) is 0 Å². The molecule has 0 aliphatic heterocycles. The van der Waals surface area contributed by atoms with Crippen LogP contribution in [0.25, 0.3) is 0 Å². The Kier molecular flexibility index (Phi) is 10.2. The Hall–Kier alpha value is -0.570. The van der Waals surface area contributed by atoms with E-state index in [0.717, 1.165) is 6.42 Å². The van der Waals surface area contributed by atoms with Gasteiger partial charge in [-0.2, -0.15) is 0 Å². The lowest BCUT2D eigenvalue weighted by Gasteiger charge is -1.81. The van der Waals surface area contributed by atoms with Crippen molar-refractivity contribution in [2.75, 3.05) is 0 Å². The van der Waals surface area contributed by atoms with E-state index in [1.54, 1.807) is 0 Å². The number of hydrogen-bond acceptors (Lipinski definition) is 2. The van der Waals surface area contributed by atoms with Gasteiger partial charge in [-0.25, -0.2) is 0 Å². The lowest BCUT2D eigenvalue weighted by molar-refractivity contribution is -0.137. The van der Waals surface area contributed by atoms with Gasteiger partial charge in [-0.15, -0.1) is 0 Å². The van der Waals surface area contributed by atoms with Crippen LogP contribution in [0.15, 0.2) is 0 Å². The van der Waals surface area contributed by atoms with E-state index >= 15 is 0 Å². The van der Waals surface area contributed by atoms with Crippen molar-refractivity contribution in [3.05, 3.63) is 0 Å². The SMILES string of the molecule is CC(C)N.CCCC(=O)O. The fourth-order valence-corrected chi connectivity index (χ4v) is 0.214. The first-order valence-electron chi connectivity index (χ1n) is 3.48. The Balaban J connectivity index is 0. The van der Waals surface area contributed by atoms with Crippen molar-refractivity contribution in [1.82, 2.24) is 0 Å². The van der Waals surface area contributed by atoms with Gasteiger partial charge in [-0.05, 0) is 12.5 Å². The van der Waals surface area contributed by atoms with Gasteiger partial charge in [0.2, 0.25) is 0 Å². The number of rotatable bonds is 2. The number of carboxylic acid groups (broad SMARTS) is 1. The zero-order chi connectivity index (χ0) is 8.57. The van der Waals surface area contributed by atoms with Gasteiger partial charge in [-0.3, -0.25) is 4.79 Å². The summed E-state index contributed by atoms with van der Waals surface area (Å²) in [4.78, 5) is 9.60. The van der Waals surface area contributed by atoms with E-state index in [-0.39, 0.29) is 0 Å². The maximum atomic E-state index is 9.60. The summed E-state index contributed by atoms with van der Waals surface area (Å²) in [5.41, 5.74) is 5.11. The highest BCUT2D eigenvalue weighted by atomic mass is 16.4.